The molecule has 0 aromatic carbocycles. The van der Waals surface area contributed by atoms with E-state index >= 15 is 0 Å². The van der Waals surface area contributed by atoms with E-state index in [2.05, 4.69) is 14.9 Å². The van der Waals surface area contributed by atoms with Gasteiger partial charge in [0, 0.05) is 44.1 Å². The number of rotatable bonds is 3. The molecular formula is C18H25N5O3S2. The number of thiophene rings is 1. The molecule has 0 bridgehead atoms. The highest BCUT2D eigenvalue weighted by Crippen LogP contribution is 2.39. The van der Waals surface area contributed by atoms with Crippen molar-refractivity contribution in [3.8, 4) is 0 Å². The predicted octanol–water partition coefficient (Wildman–Crippen LogP) is 1.27. The molecule has 0 atom stereocenters. The molecule has 3 aliphatic rings. The van der Waals surface area contributed by atoms with E-state index in [1.807, 2.05) is 0 Å². The van der Waals surface area contributed by atoms with Crippen LogP contribution in [0.2, 0.25) is 0 Å². The highest BCUT2D eigenvalue weighted by molar-refractivity contribution is 7.86. The van der Waals surface area contributed by atoms with E-state index in [0.29, 0.717) is 52.5 Å². The van der Waals surface area contributed by atoms with Gasteiger partial charge in [0.05, 0.1) is 18.6 Å². The lowest BCUT2D eigenvalue weighted by molar-refractivity contribution is 0.0700. The van der Waals surface area contributed by atoms with Gasteiger partial charge in [-0.1, -0.05) is 0 Å². The second-order valence-corrected chi connectivity index (χ2v) is 10.5. The maximum Gasteiger partial charge on any atom is 0.282 e. The van der Waals surface area contributed by atoms with Crippen molar-refractivity contribution < 1.29 is 13.2 Å². The molecule has 5 rings (SSSR count). The largest absolute Gasteiger partial charge is 0.379 e. The van der Waals surface area contributed by atoms with Crippen molar-refractivity contribution >= 4 is 37.6 Å². The van der Waals surface area contributed by atoms with Gasteiger partial charge in [-0.25, -0.2) is 9.97 Å². The van der Waals surface area contributed by atoms with Gasteiger partial charge in [0.1, 0.15) is 17.0 Å². The Hall–Kier alpha value is -1.33. The first-order chi connectivity index (χ1) is 13.6. The van der Waals surface area contributed by atoms with Gasteiger partial charge in [-0.2, -0.15) is 17.0 Å². The van der Waals surface area contributed by atoms with Gasteiger partial charge < -0.3 is 9.64 Å². The third-order valence-corrected chi connectivity index (χ3v) is 9.13. The summed E-state index contributed by atoms with van der Waals surface area (Å²) in [6.07, 6.45) is 6.36. The van der Waals surface area contributed by atoms with Gasteiger partial charge >= 0.3 is 0 Å². The standard InChI is InChI=1S/C18H25N5O3S2/c24-28(25,23-9-11-26-12-10-23)22-7-5-21(6-8-22)17-16-14-3-1-2-4-15(14)27-18(16)20-13-19-17/h13H,1-12H2. The summed E-state index contributed by atoms with van der Waals surface area (Å²) in [7, 11) is -3.41. The van der Waals surface area contributed by atoms with E-state index in [1.54, 1.807) is 26.3 Å². The molecule has 0 amide bonds. The van der Waals surface area contributed by atoms with Crippen molar-refractivity contribution in [3.05, 3.63) is 16.8 Å². The Balaban J connectivity index is 1.37. The first kappa shape index (κ1) is 18.7. The smallest absolute Gasteiger partial charge is 0.282 e. The quantitative estimate of drug-likeness (QED) is 0.740. The van der Waals surface area contributed by atoms with Crippen LogP contribution in [0.3, 0.4) is 0 Å². The molecule has 1 aliphatic carbocycles. The fourth-order valence-corrected chi connectivity index (χ4v) is 7.17. The van der Waals surface area contributed by atoms with Crippen LogP contribution in [0.15, 0.2) is 6.33 Å². The number of piperazine rings is 1. The van der Waals surface area contributed by atoms with Crippen LogP contribution < -0.4 is 4.90 Å². The van der Waals surface area contributed by atoms with E-state index in [0.717, 1.165) is 23.5 Å². The molecule has 2 aromatic heterocycles. The first-order valence-corrected chi connectivity index (χ1v) is 12.2. The second-order valence-electron chi connectivity index (χ2n) is 7.49. The number of anilines is 1. The normalized spacial score (nSPS) is 22.5. The zero-order chi connectivity index (χ0) is 19.1. The molecule has 0 unspecified atom stereocenters. The number of nitrogens with zero attached hydrogens (tertiary/aromatic N) is 5. The van der Waals surface area contributed by atoms with Gasteiger partial charge in [-0.15, -0.1) is 11.3 Å². The van der Waals surface area contributed by atoms with E-state index in [4.69, 9.17) is 4.74 Å². The number of hydrogen-bond acceptors (Lipinski definition) is 7. The van der Waals surface area contributed by atoms with Crippen molar-refractivity contribution in [1.82, 2.24) is 18.6 Å². The van der Waals surface area contributed by atoms with Crippen LogP contribution in [0.1, 0.15) is 23.3 Å². The summed E-state index contributed by atoms with van der Waals surface area (Å²) in [5.41, 5.74) is 1.42. The van der Waals surface area contributed by atoms with E-state index in [-0.39, 0.29) is 0 Å². The Morgan fingerprint density at radius 3 is 2.43 bits per heavy atom. The maximum atomic E-state index is 12.9. The molecule has 2 saturated heterocycles. The van der Waals surface area contributed by atoms with Gasteiger partial charge in [-0.05, 0) is 31.2 Å². The fourth-order valence-electron chi connectivity index (χ4n) is 4.38. The Labute approximate surface area is 169 Å². The monoisotopic (exact) mass is 423 g/mol. The van der Waals surface area contributed by atoms with Crippen molar-refractivity contribution in [3.63, 3.8) is 0 Å². The summed E-state index contributed by atoms with van der Waals surface area (Å²) in [6, 6.07) is 0. The average Bonchev–Trinajstić information content (AvgIpc) is 3.13. The molecule has 0 spiro atoms. The van der Waals surface area contributed by atoms with E-state index in [1.165, 1.54) is 28.7 Å². The lowest BCUT2D eigenvalue weighted by atomic mass is 9.97. The van der Waals surface area contributed by atoms with Crippen molar-refractivity contribution in [2.24, 2.45) is 0 Å². The fraction of sp³-hybridized carbons (Fsp3) is 0.667. The third kappa shape index (κ3) is 3.21. The molecular weight excluding hydrogens is 398 g/mol. The number of morpholine rings is 1. The Bertz CT molecular complexity index is 963. The number of fused-ring (bicyclic) bond motifs is 3. The summed E-state index contributed by atoms with van der Waals surface area (Å²) < 4.78 is 34.2. The SMILES string of the molecule is O=S(=O)(N1CCOCC1)N1CCN(c2ncnc3sc4c(c23)CCCC4)CC1. The van der Waals surface area contributed by atoms with Crippen LogP contribution >= 0.6 is 11.3 Å². The topological polar surface area (TPSA) is 78.9 Å². The number of hydrogen-bond donors (Lipinski definition) is 0. The van der Waals surface area contributed by atoms with Gasteiger partial charge in [0.2, 0.25) is 0 Å². The predicted molar refractivity (Wildman–Crippen MR) is 109 cm³/mol. The van der Waals surface area contributed by atoms with Crippen molar-refractivity contribution in [2.75, 3.05) is 57.4 Å². The maximum absolute atomic E-state index is 12.9. The first-order valence-electron chi connectivity index (χ1n) is 9.98. The highest BCUT2D eigenvalue weighted by Gasteiger charge is 2.34. The third-order valence-electron chi connectivity index (χ3n) is 5.89. The van der Waals surface area contributed by atoms with Gasteiger partial charge in [0.15, 0.2) is 0 Å². The Morgan fingerprint density at radius 2 is 1.64 bits per heavy atom. The van der Waals surface area contributed by atoms with Crippen LogP contribution in [0.4, 0.5) is 5.82 Å². The minimum absolute atomic E-state index is 0.441. The molecule has 0 saturated carbocycles. The summed E-state index contributed by atoms with van der Waals surface area (Å²) in [5.74, 6) is 0.979. The molecule has 4 heterocycles. The number of aryl methyl sites for hydroxylation is 2. The highest BCUT2D eigenvalue weighted by atomic mass is 32.2. The lowest BCUT2D eigenvalue weighted by Gasteiger charge is -2.38. The molecule has 0 N–H and O–H groups in total. The minimum Gasteiger partial charge on any atom is -0.379 e. The lowest BCUT2D eigenvalue weighted by Crippen LogP contribution is -2.55. The van der Waals surface area contributed by atoms with E-state index < -0.39 is 10.2 Å². The minimum atomic E-state index is -3.41. The van der Waals surface area contributed by atoms with Crippen molar-refractivity contribution in [1.29, 1.82) is 0 Å². The zero-order valence-corrected chi connectivity index (χ0v) is 17.5. The van der Waals surface area contributed by atoms with Gasteiger partial charge in [-0.3, -0.25) is 0 Å². The Kier molecular flexibility index (Phi) is 5.00. The summed E-state index contributed by atoms with van der Waals surface area (Å²) in [5, 5.41) is 1.20. The molecule has 8 nitrogen and oxygen atoms in total. The van der Waals surface area contributed by atoms with Crippen LogP contribution in [0.5, 0.6) is 0 Å². The number of aromatic nitrogens is 2. The summed E-state index contributed by atoms with van der Waals surface area (Å²) in [4.78, 5) is 13.9. The molecule has 0 radical (unpaired) electrons. The van der Waals surface area contributed by atoms with Crippen LogP contribution in [-0.4, -0.2) is 79.5 Å². The second kappa shape index (κ2) is 7.49. The molecule has 152 valence electrons. The van der Waals surface area contributed by atoms with Crippen LogP contribution in [0.25, 0.3) is 10.2 Å². The number of ether oxygens (including phenoxy) is 1. The summed E-state index contributed by atoms with van der Waals surface area (Å²) in [6.45, 7) is 4.10. The molecule has 10 heteroatoms. The molecule has 28 heavy (non-hydrogen) atoms. The molecule has 2 fully saturated rings. The van der Waals surface area contributed by atoms with Crippen LogP contribution in [0, 0.1) is 0 Å². The molecule has 2 aliphatic heterocycles. The molecule has 2 aromatic rings. The van der Waals surface area contributed by atoms with Crippen molar-refractivity contribution in [2.45, 2.75) is 25.7 Å². The zero-order valence-electron chi connectivity index (χ0n) is 15.8. The van der Waals surface area contributed by atoms with Gasteiger partial charge in [0.25, 0.3) is 10.2 Å². The van der Waals surface area contributed by atoms with Crippen LogP contribution in [-0.2, 0) is 27.8 Å². The van der Waals surface area contributed by atoms with E-state index in [9.17, 15) is 8.42 Å². The summed E-state index contributed by atoms with van der Waals surface area (Å²) >= 11 is 1.80. The average molecular weight is 424 g/mol. The Morgan fingerprint density at radius 1 is 0.929 bits per heavy atom.